The highest BCUT2D eigenvalue weighted by atomic mass is 19.1. The van der Waals surface area contributed by atoms with E-state index in [1.165, 1.54) is 12.1 Å². The highest BCUT2D eigenvalue weighted by Gasteiger charge is 2.11. The number of carboxylic acids is 1. The van der Waals surface area contributed by atoms with E-state index in [1.54, 1.807) is 18.3 Å². The molecule has 0 aliphatic heterocycles. The second-order valence-corrected chi connectivity index (χ2v) is 7.94. The van der Waals surface area contributed by atoms with Crippen molar-refractivity contribution in [2.45, 2.75) is 19.8 Å². The van der Waals surface area contributed by atoms with Crippen molar-refractivity contribution in [1.29, 1.82) is 0 Å². The van der Waals surface area contributed by atoms with Gasteiger partial charge < -0.3 is 19.7 Å². The number of fused-ring (bicyclic) bond motifs is 1. The molecule has 0 aliphatic carbocycles. The predicted octanol–water partition coefficient (Wildman–Crippen LogP) is 4.60. The van der Waals surface area contributed by atoms with Crippen LogP contribution in [0.15, 0.2) is 54.7 Å². The zero-order valence-corrected chi connectivity index (χ0v) is 18.5. The first-order valence-corrected chi connectivity index (χ1v) is 10.7. The van der Waals surface area contributed by atoms with Crippen molar-refractivity contribution in [3.8, 4) is 17.1 Å². The van der Waals surface area contributed by atoms with Crippen LogP contribution < -0.4 is 9.64 Å². The number of carbonyl (C=O) groups is 1. The number of anilines is 1. The number of ether oxygens (including phenoxy) is 1. The minimum absolute atomic E-state index is 0.0391. The molecule has 0 fully saturated rings. The molecule has 0 aliphatic rings. The second-order valence-electron chi connectivity index (χ2n) is 7.94. The Morgan fingerprint density at radius 2 is 1.97 bits per heavy atom. The van der Waals surface area contributed by atoms with E-state index in [-0.39, 0.29) is 12.2 Å². The van der Waals surface area contributed by atoms with Crippen LogP contribution in [0.3, 0.4) is 0 Å². The highest BCUT2D eigenvalue weighted by molar-refractivity contribution is 5.83. The zero-order valence-electron chi connectivity index (χ0n) is 18.5. The molecule has 0 saturated heterocycles. The summed E-state index contributed by atoms with van der Waals surface area (Å²) in [6, 6.07) is 13.6. The quantitative estimate of drug-likeness (QED) is 0.364. The first kappa shape index (κ1) is 22.3. The Morgan fingerprint density at radius 1 is 1.18 bits per heavy atom. The molecular weight excluding hydrogens is 423 g/mol. The van der Waals surface area contributed by atoms with Crippen molar-refractivity contribution in [3.63, 3.8) is 0 Å². The number of aromatic nitrogens is 3. The molecule has 170 valence electrons. The molecule has 0 saturated carbocycles. The lowest BCUT2D eigenvalue weighted by molar-refractivity contribution is -0.136. The third kappa shape index (κ3) is 5.46. The van der Waals surface area contributed by atoms with Crippen molar-refractivity contribution in [3.05, 3.63) is 71.8 Å². The molecule has 0 radical (unpaired) electrons. The Morgan fingerprint density at radius 3 is 2.73 bits per heavy atom. The lowest BCUT2D eigenvalue weighted by Gasteiger charge is -2.20. The number of halogens is 1. The van der Waals surface area contributed by atoms with Crippen LogP contribution in [0.1, 0.15) is 17.7 Å². The van der Waals surface area contributed by atoms with Crippen LogP contribution in [-0.4, -0.2) is 46.2 Å². The molecule has 2 N–H and O–H groups in total. The number of H-pyrrole nitrogens is 1. The van der Waals surface area contributed by atoms with Gasteiger partial charge in [0, 0.05) is 47.5 Å². The van der Waals surface area contributed by atoms with Crippen molar-refractivity contribution in [2.75, 3.05) is 25.1 Å². The number of nitrogens with zero attached hydrogens (tertiary/aromatic N) is 3. The monoisotopic (exact) mass is 448 g/mol. The first-order chi connectivity index (χ1) is 15.9. The molecular formula is C25H25FN4O3. The molecule has 0 unspecified atom stereocenters. The van der Waals surface area contributed by atoms with Crippen LogP contribution in [-0.2, 0) is 11.2 Å². The topological polar surface area (TPSA) is 91.3 Å². The van der Waals surface area contributed by atoms with Crippen LogP contribution >= 0.6 is 0 Å². The summed E-state index contributed by atoms with van der Waals surface area (Å²) in [5.74, 6) is 0.957. The van der Waals surface area contributed by atoms with E-state index < -0.39 is 5.97 Å². The number of nitrogens with one attached hydrogen (secondary N) is 1. The smallest absolute Gasteiger partial charge is 0.309 e. The van der Waals surface area contributed by atoms with Crippen LogP contribution in [0.2, 0.25) is 0 Å². The molecule has 0 spiro atoms. The molecule has 0 atom stereocenters. The Balaban J connectivity index is 1.34. The summed E-state index contributed by atoms with van der Waals surface area (Å²) in [6.07, 6.45) is 2.52. The summed E-state index contributed by atoms with van der Waals surface area (Å²) >= 11 is 0. The molecule has 4 rings (SSSR count). The average Bonchev–Trinajstić information content (AvgIpc) is 3.18. The molecule has 0 bridgehead atoms. The number of hydrogen-bond donors (Lipinski definition) is 2. The summed E-state index contributed by atoms with van der Waals surface area (Å²) < 4.78 is 19.1. The number of aliphatic carboxylic acids is 1. The number of hydrogen-bond acceptors (Lipinski definition) is 5. The zero-order chi connectivity index (χ0) is 23.4. The fourth-order valence-corrected chi connectivity index (χ4v) is 3.67. The van der Waals surface area contributed by atoms with Crippen LogP contribution in [0.25, 0.3) is 22.3 Å². The van der Waals surface area contributed by atoms with Gasteiger partial charge >= 0.3 is 5.97 Å². The van der Waals surface area contributed by atoms with Gasteiger partial charge in [0.05, 0.1) is 13.0 Å². The fourth-order valence-electron chi connectivity index (χ4n) is 3.67. The van der Waals surface area contributed by atoms with Crippen molar-refractivity contribution >= 4 is 22.7 Å². The standard InChI is InChI=1S/C25H25FN4O3/c1-16-15-27-24(17-4-6-19(26)7-5-17)29-25(16)30(2)10-3-11-33-21-8-9-22-18(13-21)12-20(28-22)14-23(31)32/h4-9,12-13,15,28H,3,10-11,14H2,1-2H3,(H,31,32). The van der Waals surface area contributed by atoms with Gasteiger partial charge in [0.25, 0.3) is 0 Å². The maximum atomic E-state index is 13.2. The SMILES string of the molecule is Cc1cnc(-c2ccc(F)cc2)nc1N(C)CCCOc1ccc2[nH]c(CC(=O)O)cc2c1. The van der Waals surface area contributed by atoms with Gasteiger partial charge in [-0.2, -0.15) is 0 Å². The van der Waals surface area contributed by atoms with Gasteiger partial charge in [-0.15, -0.1) is 0 Å². The molecule has 2 aromatic carbocycles. The fraction of sp³-hybridized carbons (Fsp3) is 0.240. The lowest BCUT2D eigenvalue weighted by atomic mass is 10.2. The summed E-state index contributed by atoms with van der Waals surface area (Å²) in [4.78, 5) is 25.1. The third-order valence-electron chi connectivity index (χ3n) is 5.31. The number of benzene rings is 2. The average molecular weight is 448 g/mol. The van der Waals surface area contributed by atoms with E-state index in [0.717, 1.165) is 46.6 Å². The Labute approximate surface area is 190 Å². The third-order valence-corrected chi connectivity index (χ3v) is 5.31. The van der Waals surface area contributed by atoms with Gasteiger partial charge in [-0.1, -0.05) is 0 Å². The van der Waals surface area contributed by atoms with Gasteiger partial charge in [0.2, 0.25) is 0 Å². The molecule has 0 amide bonds. The van der Waals surface area contributed by atoms with Crippen molar-refractivity contribution < 1.29 is 19.0 Å². The first-order valence-electron chi connectivity index (χ1n) is 10.7. The maximum absolute atomic E-state index is 13.2. The van der Waals surface area contributed by atoms with Gasteiger partial charge in [-0.05, 0) is 61.9 Å². The van der Waals surface area contributed by atoms with Crippen LogP contribution in [0.5, 0.6) is 5.75 Å². The van der Waals surface area contributed by atoms with Gasteiger partial charge in [0.15, 0.2) is 5.82 Å². The molecule has 7 nitrogen and oxygen atoms in total. The largest absolute Gasteiger partial charge is 0.494 e. The molecule has 2 aromatic heterocycles. The maximum Gasteiger partial charge on any atom is 0.309 e. The summed E-state index contributed by atoms with van der Waals surface area (Å²) in [7, 11) is 1.97. The van der Waals surface area contributed by atoms with E-state index in [9.17, 15) is 9.18 Å². The molecule has 8 heteroatoms. The Kier molecular flexibility index (Phi) is 6.53. The van der Waals surface area contributed by atoms with Crippen LogP contribution in [0, 0.1) is 12.7 Å². The number of rotatable bonds is 9. The minimum Gasteiger partial charge on any atom is -0.494 e. The van der Waals surface area contributed by atoms with E-state index in [2.05, 4.69) is 19.9 Å². The number of aryl methyl sites for hydroxylation is 1. The summed E-state index contributed by atoms with van der Waals surface area (Å²) in [6.45, 7) is 3.22. The van der Waals surface area contributed by atoms with E-state index in [0.29, 0.717) is 18.1 Å². The molecule has 4 aromatic rings. The number of aromatic amines is 1. The highest BCUT2D eigenvalue weighted by Crippen LogP contribution is 2.23. The van der Waals surface area contributed by atoms with Crippen molar-refractivity contribution in [1.82, 2.24) is 15.0 Å². The Hall–Kier alpha value is -3.94. The Bertz CT molecular complexity index is 1270. The summed E-state index contributed by atoms with van der Waals surface area (Å²) in [5, 5.41) is 9.87. The molecule has 2 heterocycles. The van der Waals surface area contributed by atoms with E-state index >= 15 is 0 Å². The molecule has 33 heavy (non-hydrogen) atoms. The normalized spacial score (nSPS) is 11.0. The van der Waals surface area contributed by atoms with E-state index in [1.807, 2.05) is 38.2 Å². The predicted molar refractivity (Wildman–Crippen MR) is 125 cm³/mol. The van der Waals surface area contributed by atoms with E-state index in [4.69, 9.17) is 9.84 Å². The van der Waals surface area contributed by atoms with Gasteiger partial charge in [-0.25, -0.2) is 14.4 Å². The lowest BCUT2D eigenvalue weighted by Crippen LogP contribution is -2.22. The minimum atomic E-state index is -0.870. The second kappa shape index (κ2) is 9.68. The number of carboxylic acid groups (broad SMARTS) is 1. The van der Waals surface area contributed by atoms with Gasteiger partial charge in [0.1, 0.15) is 17.4 Å². The van der Waals surface area contributed by atoms with Crippen LogP contribution in [0.4, 0.5) is 10.2 Å². The van der Waals surface area contributed by atoms with Gasteiger partial charge in [-0.3, -0.25) is 4.79 Å². The van der Waals surface area contributed by atoms with Crippen molar-refractivity contribution in [2.24, 2.45) is 0 Å². The summed E-state index contributed by atoms with van der Waals surface area (Å²) in [5.41, 5.74) is 3.27.